The predicted molar refractivity (Wildman–Crippen MR) is 92.4 cm³/mol. The van der Waals surface area contributed by atoms with Crippen LogP contribution < -0.4 is 5.32 Å². The summed E-state index contributed by atoms with van der Waals surface area (Å²) >= 11 is 0. The van der Waals surface area contributed by atoms with Crippen molar-refractivity contribution < 1.29 is 32.7 Å². The molecule has 1 N–H and O–H groups in total. The van der Waals surface area contributed by atoms with Gasteiger partial charge in [0.05, 0.1) is 17.5 Å². The highest BCUT2D eigenvalue weighted by Gasteiger charge is 2.35. The molecule has 0 atom stereocenters. The smallest absolute Gasteiger partial charge is 0.308 e. The molecule has 0 saturated carbocycles. The molecule has 3 rings (SSSR count). The molecule has 0 aromatic heterocycles. The Bertz CT molecular complexity index is 942. The Labute approximate surface area is 157 Å². The Kier molecular flexibility index (Phi) is 5.44. The fourth-order valence-electron chi connectivity index (χ4n) is 2.63. The number of fused-ring (bicyclic) bond motifs is 1. The van der Waals surface area contributed by atoms with Crippen LogP contribution in [0.5, 0.6) is 0 Å². The minimum Gasteiger partial charge on any atom is -0.456 e. The van der Waals surface area contributed by atoms with Crippen molar-refractivity contribution in [2.75, 3.05) is 18.5 Å². The summed E-state index contributed by atoms with van der Waals surface area (Å²) in [6.45, 7) is -0.837. The van der Waals surface area contributed by atoms with Gasteiger partial charge in [-0.2, -0.15) is 0 Å². The molecule has 7 nitrogen and oxygen atoms in total. The molecule has 3 amide bonds. The fraction of sp³-hybridized carbons (Fsp3) is 0.158. The van der Waals surface area contributed by atoms with E-state index in [0.29, 0.717) is 0 Å². The molecule has 28 heavy (non-hydrogen) atoms. The number of nitrogens with zero attached hydrogens (tertiary/aromatic N) is 1. The van der Waals surface area contributed by atoms with E-state index in [0.717, 1.165) is 23.1 Å². The van der Waals surface area contributed by atoms with Crippen LogP contribution in [0.3, 0.4) is 0 Å². The summed E-state index contributed by atoms with van der Waals surface area (Å²) in [5.74, 6) is -4.72. The molecule has 9 heteroatoms. The van der Waals surface area contributed by atoms with Crippen molar-refractivity contribution in [3.8, 4) is 0 Å². The van der Waals surface area contributed by atoms with Crippen molar-refractivity contribution in [1.82, 2.24) is 4.90 Å². The van der Waals surface area contributed by atoms with Crippen molar-refractivity contribution >= 4 is 29.4 Å². The zero-order chi connectivity index (χ0) is 20.3. The van der Waals surface area contributed by atoms with Gasteiger partial charge < -0.3 is 10.1 Å². The van der Waals surface area contributed by atoms with Crippen LogP contribution >= 0.6 is 0 Å². The van der Waals surface area contributed by atoms with Gasteiger partial charge in [0, 0.05) is 18.3 Å². The molecule has 0 aliphatic carbocycles. The molecule has 0 fully saturated rings. The number of hydrogen-bond acceptors (Lipinski definition) is 5. The summed E-state index contributed by atoms with van der Waals surface area (Å²) < 4.78 is 30.7. The number of amides is 3. The number of imide groups is 1. The van der Waals surface area contributed by atoms with Crippen molar-refractivity contribution in [2.45, 2.75) is 6.42 Å². The normalized spacial score (nSPS) is 12.7. The van der Waals surface area contributed by atoms with Gasteiger partial charge in [0.25, 0.3) is 17.7 Å². The molecular formula is C19H14F2N2O5. The highest BCUT2D eigenvalue weighted by Crippen LogP contribution is 2.22. The Morgan fingerprint density at radius 1 is 0.964 bits per heavy atom. The minimum absolute atomic E-state index is 0.00553. The molecule has 1 aliphatic heterocycles. The molecule has 0 bridgehead atoms. The Morgan fingerprint density at radius 3 is 2.21 bits per heavy atom. The van der Waals surface area contributed by atoms with Gasteiger partial charge in [-0.1, -0.05) is 12.1 Å². The highest BCUT2D eigenvalue weighted by atomic mass is 19.2. The van der Waals surface area contributed by atoms with Crippen LogP contribution in [0.4, 0.5) is 14.5 Å². The van der Waals surface area contributed by atoms with E-state index in [-0.39, 0.29) is 29.8 Å². The van der Waals surface area contributed by atoms with E-state index in [9.17, 15) is 28.0 Å². The van der Waals surface area contributed by atoms with Crippen LogP contribution in [-0.4, -0.2) is 41.7 Å². The second-order valence-corrected chi connectivity index (χ2v) is 5.90. The summed E-state index contributed by atoms with van der Waals surface area (Å²) in [5.41, 5.74) is 0.546. The number of anilines is 1. The Balaban J connectivity index is 1.46. The van der Waals surface area contributed by atoms with Crippen molar-refractivity contribution in [2.24, 2.45) is 0 Å². The number of nitrogens with one attached hydrogen (secondary N) is 1. The zero-order valence-corrected chi connectivity index (χ0v) is 14.4. The molecule has 2 aromatic carbocycles. The average Bonchev–Trinajstić information content (AvgIpc) is 2.92. The highest BCUT2D eigenvalue weighted by molar-refractivity contribution is 6.21. The van der Waals surface area contributed by atoms with Crippen LogP contribution in [0.2, 0.25) is 0 Å². The van der Waals surface area contributed by atoms with E-state index in [1.165, 1.54) is 12.1 Å². The number of hydrogen-bond donors (Lipinski definition) is 1. The fourth-order valence-corrected chi connectivity index (χ4v) is 2.63. The van der Waals surface area contributed by atoms with Gasteiger partial charge in [0.2, 0.25) is 0 Å². The second-order valence-electron chi connectivity index (χ2n) is 5.90. The van der Waals surface area contributed by atoms with E-state index >= 15 is 0 Å². The van der Waals surface area contributed by atoms with Gasteiger partial charge in [-0.15, -0.1) is 0 Å². The maximum Gasteiger partial charge on any atom is 0.308 e. The van der Waals surface area contributed by atoms with Crippen LogP contribution in [0.25, 0.3) is 0 Å². The SMILES string of the molecule is O=C(COC(=O)CCN1C(=O)c2ccccc2C1=O)Nc1ccc(F)c(F)c1. The van der Waals surface area contributed by atoms with Gasteiger partial charge in [0.15, 0.2) is 18.2 Å². The predicted octanol–water partition coefficient (Wildman–Crippen LogP) is 2.13. The lowest BCUT2D eigenvalue weighted by Gasteiger charge is -2.13. The molecule has 0 unspecified atom stereocenters. The third-order valence-corrected chi connectivity index (χ3v) is 3.99. The standard InChI is InChI=1S/C19H14F2N2O5/c20-14-6-5-11(9-15(14)21)22-16(24)10-28-17(25)7-8-23-18(26)12-3-1-2-4-13(12)19(23)27/h1-6,9H,7-8,10H2,(H,22,24). The number of rotatable bonds is 6. The average molecular weight is 388 g/mol. The molecule has 0 spiro atoms. The number of carbonyl (C=O) groups is 4. The van der Waals surface area contributed by atoms with Crippen LogP contribution in [0, 0.1) is 11.6 Å². The Morgan fingerprint density at radius 2 is 1.61 bits per heavy atom. The van der Waals surface area contributed by atoms with Crippen molar-refractivity contribution in [1.29, 1.82) is 0 Å². The van der Waals surface area contributed by atoms with E-state index in [2.05, 4.69) is 5.32 Å². The number of ether oxygens (including phenoxy) is 1. The summed E-state index contributed by atoms with van der Waals surface area (Å²) in [6, 6.07) is 9.10. The van der Waals surface area contributed by atoms with E-state index in [1.807, 2.05) is 0 Å². The van der Waals surface area contributed by atoms with Gasteiger partial charge in [-0.25, -0.2) is 8.78 Å². The first-order chi connectivity index (χ1) is 13.4. The molecule has 144 valence electrons. The lowest BCUT2D eigenvalue weighted by Crippen LogP contribution is -2.32. The van der Waals surface area contributed by atoms with Crippen molar-refractivity contribution in [3.05, 3.63) is 65.2 Å². The monoisotopic (exact) mass is 388 g/mol. The van der Waals surface area contributed by atoms with E-state index in [4.69, 9.17) is 4.74 Å². The number of esters is 1. The quantitative estimate of drug-likeness (QED) is 0.605. The summed E-state index contributed by atoms with van der Waals surface area (Å²) in [5, 5.41) is 2.25. The minimum atomic E-state index is -1.13. The third kappa shape index (κ3) is 4.03. The number of halogens is 2. The zero-order valence-electron chi connectivity index (χ0n) is 14.4. The largest absolute Gasteiger partial charge is 0.456 e. The first-order valence-corrected chi connectivity index (χ1v) is 8.22. The summed E-state index contributed by atoms with van der Waals surface area (Å²) in [7, 11) is 0. The lowest BCUT2D eigenvalue weighted by atomic mass is 10.1. The number of carbonyl (C=O) groups excluding carboxylic acids is 4. The van der Waals surface area contributed by atoms with Gasteiger partial charge in [0.1, 0.15) is 0 Å². The molecule has 2 aromatic rings. The van der Waals surface area contributed by atoms with E-state index < -0.39 is 41.9 Å². The van der Waals surface area contributed by atoms with Crippen LogP contribution in [0.15, 0.2) is 42.5 Å². The van der Waals surface area contributed by atoms with E-state index in [1.54, 1.807) is 12.1 Å². The molecule has 1 aliphatic rings. The van der Waals surface area contributed by atoms with Crippen molar-refractivity contribution in [3.63, 3.8) is 0 Å². The summed E-state index contributed by atoms with van der Waals surface area (Å²) in [6.07, 6.45) is -0.288. The maximum absolute atomic E-state index is 13.1. The maximum atomic E-state index is 13.1. The van der Waals surface area contributed by atoms with Gasteiger partial charge in [-0.3, -0.25) is 24.1 Å². The first kappa shape index (κ1) is 19.2. The summed E-state index contributed by atoms with van der Waals surface area (Å²) in [4.78, 5) is 48.8. The Hall–Kier alpha value is -3.62. The van der Waals surface area contributed by atoms with Gasteiger partial charge in [-0.05, 0) is 24.3 Å². The molecule has 1 heterocycles. The number of benzene rings is 2. The second kappa shape index (κ2) is 7.95. The van der Waals surface area contributed by atoms with Crippen LogP contribution in [0.1, 0.15) is 27.1 Å². The first-order valence-electron chi connectivity index (χ1n) is 8.22. The molecule has 0 radical (unpaired) electrons. The molecule has 0 saturated heterocycles. The topological polar surface area (TPSA) is 92.8 Å². The lowest BCUT2D eigenvalue weighted by molar-refractivity contribution is -0.147. The van der Waals surface area contributed by atoms with Crippen LogP contribution in [-0.2, 0) is 14.3 Å². The third-order valence-electron chi connectivity index (χ3n) is 3.99. The molecular weight excluding hydrogens is 374 g/mol. The van der Waals surface area contributed by atoms with Gasteiger partial charge >= 0.3 is 5.97 Å².